The first-order chi connectivity index (χ1) is 13.5. The smallest absolute Gasteiger partial charge is 0.260 e. The number of carbonyl (C=O) groups is 1. The fraction of sp³-hybridized carbons (Fsp3) is 0.333. The Labute approximate surface area is 162 Å². The fourth-order valence-electron chi connectivity index (χ4n) is 3.60. The molecule has 0 aromatic heterocycles. The molecule has 146 valence electrons. The molecule has 0 unspecified atom stereocenters. The number of piperazine rings is 1. The molecule has 2 aliphatic rings. The van der Waals surface area contributed by atoms with E-state index < -0.39 is 0 Å². The average molecular weight is 384 g/mol. The number of guanidine groups is 1. The van der Waals surface area contributed by atoms with Crippen molar-refractivity contribution in [2.75, 3.05) is 44.2 Å². The van der Waals surface area contributed by atoms with Gasteiger partial charge in [-0.15, -0.1) is 0 Å². The maximum Gasteiger partial charge on any atom is 0.260 e. The SMILES string of the molecule is Cc1ccc(C(=O)N2CCN=C2N2CCN(c3ccc(F)cc3)CC2)cc1F. The highest BCUT2D eigenvalue weighted by Gasteiger charge is 2.31. The van der Waals surface area contributed by atoms with Crippen molar-refractivity contribution in [3.05, 3.63) is 65.2 Å². The van der Waals surface area contributed by atoms with Crippen LogP contribution in [0.25, 0.3) is 0 Å². The summed E-state index contributed by atoms with van der Waals surface area (Å²) in [7, 11) is 0. The Kier molecular flexibility index (Phi) is 4.98. The van der Waals surface area contributed by atoms with Crippen molar-refractivity contribution in [1.29, 1.82) is 0 Å². The van der Waals surface area contributed by atoms with Crippen molar-refractivity contribution in [1.82, 2.24) is 9.80 Å². The molecule has 4 rings (SSSR count). The van der Waals surface area contributed by atoms with Gasteiger partial charge in [-0.05, 0) is 48.9 Å². The summed E-state index contributed by atoms with van der Waals surface area (Å²) in [6, 6.07) is 11.0. The maximum absolute atomic E-state index is 13.9. The Morgan fingerprint density at radius 1 is 0.929 bits per heavy atom. The van der Waals surface area contributed by atoms with Crippen molar-refractivity contribution in [2.45, 2.75) is 6.92 Å². The Morgan fingerprint density at radius 2 is 1.61 bits per heavy atom. The molecule has 0 atom stereocenters. The Bertz CT molecular complexity index is 905. The van der Waals surface area contributed by atoms with E-state index in [2.05, 4.69) is 14.8 Å². The molecule has 1 saturated heterocycles. The Balaban J connectivity index is 1.43. The van der Waals surface area contributed by atoms with Gasteiger partial charge in [0.2, 0.25) is 5.96 Å². The minimum atomic E-state index is -0.378. The third-order valence-electron chi connectivity index (χ3n) is 5.24. The van der Waals surface area contributed by atoms with E-state index in [1.807, 2.05) is 0 Å². The van der Waals surface area contributed by atoms with Gasteiger partial charge in [0.1, 0.15) is 11.6 Å². The first-order valence-corrected chi connectivity index (χ1v) is 9.41. The monoisotopic (exact) mass is 384 g/mol. The lowest BCUT2D eigenvalue weighted by Crippen LogP contribution is -2.53. The van der Waals surface area contributed by atoms with Crippen molar-refractivity contribution in [2.24, 2.45) is 4.99 Å². The van der Waals surface area contributed by atoms with Crippen LogP contribution in [0.2, 0.25) is 0 Å². The molecule has 0 radical (unpaired) electrons. The Hall–Kier alpha value is -2.96. The second-order valence-electron chi connectivity index (χ2n) is 7.05. The predicted octanol–water partition coefficient (Wildman–Crippen LogP) is 2.91. The molecule has 28 heavy (non-hydrogen) atoms. The second kappa shape index (κ2) is 7.58. The largest absolute Gasteiger partial charge is 0.368 e. The molecular weight excluding hydrogens is 362 g/mol. The van der Waals surface area contributed by atoms with Gasteiger partial charge >= 0.3 is 0 Å². The van der Waals surface area contributed by atoms with Gasteiger partial charge in [0, 0.05) is 44.0 Å². The molecule has 1 amide bonds. The van der Waals surface area contributed by atoms with E-state index in [4.69, 9.17) is 0 Å². The number of hydrogen-bond acceptors (Lipinski definition) is 4. The highest BCUT2D eigenvalue weighted by molar-refractivity contribution is 6.06. The van der Waals surface area contributed by atoms with Gasteiger partial charge < -0.3 is 9.80 Å². The van der Waals surface area contributed by atoms with Crippen LogP contribution in [0.1, 0.15) is 15.9 Å². The van der Waals surface area contributed by atoms with Crippen molar-refractivity contribution >= 4 is 17.6 Å². The lowest BCUT2D eigenvalue weighted by atomic mass is 10.1. The minimum absolute atomic E-state index is 0.226. The lowest BCUT2D eigenvalue weighted by molar-refractivity contribution is 0.0842. The summed E-state index contributed by atoms with van der Waals surface area (Å²) in [4.78, 5) is 23.3. The third kappa shape index (κ3) is 3.56. The highest BCUT2D eigenvalue weighted by Crippen LogP contribution is 2.20. The van der Waals surface area contributed by atoms with Crippen LogP contribution in [0.5, 0.6) is 0 Å². The number of benzene rings is 2. The number of hydrogen-bond donors (Lipinski definition) is 0. The molecule has 2 aromatic rings. The van der Waals surface area contributed by atoms with E-state index in [9.17, 15) is 13.6 Å². The van der Waals surface area contributed by atoms with Crippen molar-refractivity contribution < 1.29 is 13.6 Å². The standard InChI is InChI=1S/C21H22F2N4O/c1-15-2-3-16(14-19(15)23)20(28)27-9-8-24-21(27)26-12-10-25(11-13-26)18-6-4-17(22)5-7-18/h2-7,14H,8-13H2,1H3. The van der Waals surface area contributed by atoms with Crippen LogP contribution in [0.4, 0.5) is 14.5 Å². The van der Waals surface area contributed by atoms with Crippen LogP contribution < -0.4 is 4.90 Å². The normalized spacial score (nSPS) is 17.1. The molecular formula is C21H22F2N4O. The summed E-state index contributed by atoms with van der Waals surface area (Å²) in [6.45, 7) is 5.66. The van der Waals surface area contributed by atoms with E-state index >= 15 is 0 Å². The number of rotatable bonds is 2. The molecule has 2 heterocycles. The summed E-state index contributed by atoms with van der Waals surface area (Å²) in [5.74, 6) is -0.193. The topological polar surface area (TPSA) is 39.2 Å². The van der Waals surface area contributed by atoms with Crippen LogP contribution in [-0.2, 0) is 0 Å². The number of amides is 1. The average Bonchev–Trinajstić information content (AvgIpc) is 3.20. The van der Waals surface area contributed by atoms with E-state index in [0.717, 1.165) is 18.8 Å². The van der Waals surface area contributed by atoms with Crippen molar-refractivity contribution in [3.63, 3.8) is 0 Å². The molecule has 0 N–H and O–H groups in total. The summed E-state index contributed by atoms with van der Waals surface area (Å²) >= 11 is 0. The van der Waals surface area contributed by atoms with Crippen LogP contribution in [-0.4, -0.2) is 60.9 Å². The van der Waals surface area contributed by atoms with Gasteiger partial charge in [0.25, 0.3) is 5.91 Å². The molecule has 0 saturated carbocycles. The van der Waals surface area contributed by atoms with Gasteiger partial charge in [-0.25, -0.2) is 8.78 Å². The zero-order valence-electron chi connectivity index (χ0n) is 15.7. The van der Waals surface area contributed by atoms with Crippen LogP contribution in [0.15, 0.2) is 47.5 Å². The molecule has 0 bridgehead atoms. The number of nitrogens with zero attached hydrogens (tertiary/aromatic N) is 4. The third-order valence-corrected chi connectivity index (χ3v) is 5.24. The van der Waals surface area contributed by atoms with Crippen LogP contribution in [0.3, 0.4) is 0 Å². The zero-order chi connectivity index (χ0) is 19.7. The zero-order valence-corrected chi connectivity index (χ0v) is 15.7. The minimum Gasteiger partial charge on any atom is -0.368 e. The molecule has 5 nitrogen and oxygen atoms in total. The lowest BCUT2D eigenvalue weighted by Gasteiger charge is -2.38. The van der Waals surface area contributed by atoms with E-state index in [1.165, 1.54) is 18.2 Å². The van der Waals surface area contributed by atoms with Crippen molar-refractivity contribution in [3.8, 4) is 0 Å². The maximum atomic E-state index is 13.9. The molecule has 2 aromatic carbocycles. The van der Waals surface area contributed by atoms with Gasteiger partial charge in [0.05, 0.1) is 6.54 Å². The first kappa shape index (κ1) is 18.4. The second-order valence-corrected chi connectivity index (χ2v) is 7.05. The highest BCUT2D eigenvalue weighted by atomic mass is 19.1. The number of carbonyl (C=O) groups excluding carboxylic acids is 1. The van der Waals surface area contributed by atoms with Gasteiger partial charge in [-0.1, -0.05) is 6.07 Å². The van der Waals surface area contributed by atoms with Crippen LogP contribution in [0, 0.1) is 18.6 Å². The summed E-state index contributed by atoms with van der Waals surface area (Å²) in [5.41, 5.74) is 1.84. The molecule has 0 aliphatic carbocycles. The van der Waals surface area contributed by atoms with Gasteiger partial charge in [-0.3, -0.25) is 14.7 Å². The van der Waals surface area contributed by atoms with E-state index in [1.54, 1.807) is 36.1 Å². The van der Waals surface area contributed by atoms with E-state index in [0.29, 0.717) is 43.3 Å². The molecule has 2 aliphatic heterocycles. The summed E-state index contributed by atoms with van der Waals surface area (Å²) in [6.07, 6.45) is 0. The summed E-state index contributed by atoms with van der Waals surface area (Å²) < 4.78 is 27.0. The van der Waals surface area contributed by atoms with E-state index in [-0.39, 0.29) is 17.5 Å². The number of halogens is 2. The van der Waals surface area contributed by atoms with Gasteiger partial charge in [0.15, 0.2) is 0 Å². The molecule has 1 fully saturated rings. The van der Waals surface area contributed by atoms with Gasteiger partial charge in [-0.2, -0.15) is 0 Å². The summed E-state index contributed by atoms with van der Waals surface area (Å²) in [5, 5.41) is 0. The fourth-order valence-corrected chi connectivity index (χ4v) is 3.60. The molecule has 0 spiro atoms. The number of aryl methyl sites for hydroxylation is 1. The quantitative estimate of drug-likeness (QED) is 0.799. The Morgan fingerprint density at radius 3 is 2.29 bits per heavy atom. The first-order valence-electron chi connectivity index (χ1n) is 9.41. The van der Waals surface area contributed by atoms with Crippen LogP contribution >= 0.6 is 0 Å². The molecule has 7 heteroatoms. The number of anilines is 1. The predicted molar refractivity (Wildman–Crippen MR) is 105 cm³/mol. The number of aliphatic imine (C=N–C) groups is 1.